The van der Waals surface area contributed by atoms with E-state index in [0.717, 1.165) is 30.6 Å². The Hall–Kier alpha value is -1.55. The van der Waals surface area contributed by atoms with E-state index in [4.69, 9.17) is 5.73 Å². The van der Waals surface area contributed by atoms with Crippen LogP contribution in [0, 0.1) is 0 Å². The highest BCUT2D eigenvalue weighted by atomic mass is 16.3. The summed E-state index contributed by atoms with van der Waals surface area (Å²) in [5, 5.41) is 10.1. The van der Waals surface area contributed by atoms with Gasteiger partial charge in [-0.15, -0.1) is 0 Å². The number of amides is 1. The number of primary amides is 1. The average Bonchev–Trinajstić information content (AvgIpc) is 2.51. The summed E-state index contributed by atoms with van der Waals surface area (Å²) in [6, 6.07) is 7.42. The van der Waals surface area contributed by atoms with Crippen LogP contribution in [0.2, 0.25) is 0 Å². The largest absolute Gasteiger partial charge is 0.388 e. The predicted octanol–water partition coefficient (Wildman–Crippen LogP) is 1.58. The van der Waals surface area contributed by atoms with E-state index >= 15 is 0 Å². The number of para-hydroxylation sites is 1. The molecule has 3 N–H and O–H groups in total. The topological polar surface area (TPSA) is 66.6 Å². The number of aliphatic hydroxyl groups is 1. The molecule has 1 aromatic carbocycles. The van der Waals surface area contributed by atoms with Crippen molar-refractivity contribution in [2.45, 2.75) is 38.3 Å². The quantitative estimate of drug-likeness (QED) is 0.853. The third-order valence-electron chi connectivity index (χ3n) is 3.57. The number of nitrogens with two attached hydrogens (primary N) is 1. The highest BCUT2D eigenvalue weighted by Crippen LogP contribution is 2.34. The maximum atomic E-state index is 11.6. The average molecular weight is 248 g/mol. The van der Waals surface area contributed by atoms with Crippen LogP contribution in [0.3, 0.4) is 0 Å². The smallest absolute Gasteiger partial charge is 0.240 e. The van der Waals surface area contributed by atoms with E-state index in [0.29, 0.717) is 6.42 Å². The molecule has 0 saturated heterocycles. The summed E-state index contributed by atoms with van der Waals surface area (Å²) in [4.78, 5) is 13.6. The number of aliphatic hydroxyl groups excluding tert-OH is 1. The zero-order valence-electron chi connectivity index (χ0n) is 10.7. The van der Waals surface area contributed by atoms with Crippen LogP contribution in [0.1, 0.15) is 37.9 Å². The third-order valence-corrected chi connectivity index (χ3v) is 3.57. The standard InChI is InChI=1S/C14H20N2O2/c1-2-11(14(15)18)16-9-5-8-13(17)10-6-3-4-7-12(10)16/h3-4,6-7,11,13,17H,2,5,8-9H2,1H3,(H2,15,18). The molecule has 0 radical (unpaired) electrons. The van der Waals surface area contributed by atoms with Gasteiger partial charge in [-0.25, -0.2) is 0 Å². The molecule has 0 bridgehead atoms. The van der Waals surface area contributed by atoms with Gasteiger partial charge in [0.1, 0.15) is 6.04 Å². The Morgan fingerprint density at radius 2 is 2.28 bits per heavy atom. The molecule has 1 aliphatic heterocycles. The minimum atomic E-state index is -0.448. The van der Waals surface area contributed by atoms with Crippen LogP contribution in [-0.2, 0) is 4.79 Å². The Morgan fingerprint density at radius 3 is 2.94 bits per heavy atom. The van der Waals surface area contributed by atoms with Gasteiger partial charge in [0, 0.05) is 17.8 Å². The monoisotopic (exact) mass is 248 g/mol. The molecular weight excluding hydrogens is 228 g/mol. The van der Waals surface area contributed by atoms with E-state index < -0.39 is 6.10 Å². The summed E-state index contributed by atoms with van der Waals surface area (Å²) in [6.07, 6.45) is 1.82. The summed E-state index contributed by atoms with van der Waals surface area (Å²) in [5.74, 6) is -0.302. The number of fused-ring (bicyclic) bond motifs is 1. The molecule has 0 aromatic heterocycles. The second-order valence-electron chi connectivity index (χ2n) is 4.74. The highest BCUT2D eigenvalue weighted by Gasteiger charge is 2.28. The maximum Gasteiger partial charge on any atom is 0.240 e. The summed E-state index contributed by atoms with van der Waals surface area (Å²) in [5.41, 5.74) is 7.31. The summed E-state index contributed by atoms with van der Waals surface area (Å²) in [6.45, 7) is 2.72. The van der Waals surface area contributed by atoms with Crippen molar-refractivity contribution in [3.8, 4) is 0 Å². The van der Waals surface area contributed by atoms with Gasteiger partial charge in [-0.1, -0.05) is 25.1 Å². The van der Waals surface area contributed by atoms with Gasteiger partial charge in [0.25, 0.3) is 0 Å². The lowest BCUT2D eigenvalue weighted by atomic mass is 10.0. The summed E-state index contributed by atoms with van der Waals surface area (Å²) < 4.78 is 0. The molecule has 1 aromatic rings. The molecular formula is C14H20N2O2. The Morgan fingerprint density at radius 1 is 1.56 bits per heavy atom. The number of anilines is 1. The zero-order valence-corrected chi connectivity index (χ0v) is 10.7. The molecule has 1 amide bonds. The van der Waals surface area contributed by atoms with E-state index in [9.17, 15) is 9.90 Å². The first-order chi connectivity index (χ1) is 8.65. The Bertz CT molecular complexity index is 434. The zero-order chi connectivity index (χ0) is 13.1. The van der Waals surface area contributed by atoms with Crippen molar-refractivity contribution >= 4 is 11.6 Å². The van der Waals surface area contributed by atoms with Crippen LogP contribution in [0.25, 0.3) is 0 Å². The van der Waals surface area contributed by atoms with E-state index in [1.807, 2.05) is 36.1 Å². The number of nitrogens with zero attached hydrogens (tertiary/aromatic N) is 1. The molecule has 0 spiro atoms. The van der Waals surface area contributed by atoms with E-state index in [1.165, 1.54) is 0 Å². The maximum absolute atomic E-state index is 11.6. The summed E-state index contributed by atoms with van der Waals surface area (Å²) in [7, 11) is 0. The summed E-state index contributed by atoms with van der Waals surface area (Å²) >= 11 is 0. The van der Waals surface area contributed by atoms with Crippen molar-refractivity contribution in [1.29, 1.82) is 0 Å². The van der Waals surface area contributed by atoms with Crippen molar-refractivity contribution in [2.75, 3.05) is 11.4 Å². The molecule has 1 heterocycles. The van der Waals surface area contributed by atoms with Gasteiger partial charge in [0.15, 0.2) is 0 Å². The lowest BCUT2D eigenvalue weighted by molar-refractivity contribution is -0.119. The van der Waals surface area contributed by atoms with E-state index in [-0.39, 0.29) is 11.9 Å². The number of hydrogen-bond acceptors (Lipinski definition) is 3. The number of carbonyl (C=O) groups is 1. The number of benzene rings is 1. The molecule has 18 heavy (non-hydrogen) atoms. The van der Waals surface area contributed by atoms with Crippen molar-refractivity contribution in [2.24, 2.45) is 5.73 Å². The fourth-order valence-corrected chi connectivity index (χ4v) is 2.66. The predicted molar refractivity (Wildman–Crippen MR) is 71.3 cm³/mol. The fraction of sp³-hybridized carbons (Fsp3) is 0.500. The SMILES string of the molecule is CCC(C(N)=O)N1CCCC(O)c2ccccc21. The van der Waals surface area contributed by atoms with Crippen LogP contribution in [-0.4, -0.2) is 23.6 Å². The van der Waals surface area contributed by atoms with Gasteiger partial charge < -0.3 is 15.7 Å². The van der Waals surface area contributed by atoms with Crippen LogP contribution < -0.4 is 10.6 Å². The first-order valence-corrected chi connectivity index (χ1v) is 6.48. The van der Waals surface area contributed by atoms with Gasteiger partial charge in [0.05, 0.1) is 6.10 Å². The molecule has 1 aliphatic rings. The highest BCUT2D eigenvalue weighted by molar-refractivity contribution is 5.84. The Labute approximate surface area is 107 Å². The molecule has 0 saturated carbocycles. The number of hydrogen-bond donors (Lipinski definition) is 2. The molecule has 2 rings (SSSR count). The molecule has 2 atom stereocenters. The molecule has 98 valence electrons. The molecule has 4 nitrogen and oxygen atoms in total. The third kappa shape index (κ3) is 2.34. The lowest BCUT2D eigenvalue weighted by Gasteiger charge is -2.31. The molecule has 0 aliphatic carbocycles. The van der Waals surface area contributed by atoms with Gasteiger partial charge >= 0.3 is 0 Å². The Balaban J connectivity index is 2.42. The van der Waals surface area contributed by atoms with Gasteiger partial charge in [0.2, 0.25) is 5.91 Å². The van der Waals surface area contributed by atoms with Crippen LogP contribution >= 0.6 is 0 Å². The first kappa shape index (κ1) is 12.9. The Kier molecular flexibility index (Phi) is 3.87. The normalized spacial score (nSPS) is 21.0. The van der Waals surface area contributed by atoms with Gasteiger partial charge in [-0.3, -0.25) is 4.79 Å². The minimum Gasteiger partial charge on any atom is -0.388 e. The first-order valence-electron chi connectivity index (χ1n) is 6.48. The van der Waals surface area contributed by atoms with Crippen molar-refractivity contribution in [1.82, 2.24) is 0 Å². The lowest BCUT2D eigenvalue weighted by Crippen LogP contribution is -2.45. The van der Waals surface area contributed by atoms with Gasteiger partial charge in [-0.05, 0) is 25.3 Å². The molecule has 0 fully saturated rings. The second kappa shape index (κ2) is 5.40. The van der Waals surface area contributed by atoms with Gasteiger partial charge in [-0.2, -0.15) is 0 Å². The minimum absolute atomic E-state index is 0.295. The molecule has 4 heteroatoms. The number of rotatable bonds is 3. The van der Waals surface area contributed by atoms with Crippen LogP contribution in [0.5, 0.6) is 0 Å². The number of carbonyl (C=O) groups excluding carboxylic acids is 1. The fourth-order valence-electron chi connectivity index (χ4n) is 2.66. The molecule has 2 unspecified atom stereocenters. The van der Waals surface area contributed by atoms with E-state index in [2.05, 4.69) is 0 Å². The second-order valence-corrected chi connectivity index (χ2v) is 4.74. The van der Waals surface area contributed by atoms with Crippen molar-refractivity contribution in [3.63, 3.8) is 0 Å². The van der Waals surface area contributed by atoms with E-state index in [1.54, 1.807) is 0 Å². The van der Waals surface area contributed by atoms with Crippen LogP contribution in [0.4, 0.5) is 5.69 Å². The van der Waals surface area contributed by atoms with Crippen molar-refractivity contribution < 1.29 is 9.90 Å². The van der Waals surface area contributed by atoms with Crippen molar-refractivity contribution in [3.05, 3.63) is 29.8 Å². The van der Waals surface area contributed by atoms with Crippen LogP contribution in [0.15, 0.2) is 24.3 Å².